The number of hydrogen-bond donors (Lipinski definition) is 4. The van der Waals surface area contributed by atoms with E-state index in [9.17, 15) is 24.3 Å². The Kier molecular flexibility index (Phi) is 10.5. The molecule has 1 heterocycles. The molecule has 0 aromatic carbocycles. The lowest BCUT2D eigenvalue weighted by molar-refractivity contribution is -0.144. The van der Waals surface area contributed by atoms with E-state index in [2.05, 4.69) is 10.6 Å². The second-order valence-corrected chi connectivity index (χ2v) is 8.52. The van der Waals surface area contributed by atoms with Gasteiger partial charge in [0, 0.05) is 6.54 Å². The first-order chi connectivity index (χ1) is 13.6. The first-order valence-electron chi connectivity index (χ1n) is 10.0. The predicted octanol–water partition coefficient (Wildman–Crippen LogP) is 0.178. The minimum absolute atomic E-state index is 0.248. The molecule has 1 rings (SSSR count). The topological polar surface area (TPSA) is 142 Å². The van der Waals surface area contributed by atoms with Gasteiger partial charge in [-0.15, -0.1) is 0 Å². The van der Waals surface area contributed by atoms with E-state index in [1.54, 1.807) is 13.8 Å². The van der Waals surface area contributed by atoms with Crippen LogP contribution in [0.1, 0.15) is 46.5 Å². The van der Waals surface area contributed by atoms with Gasteiger partial charge in [-0.05, 0) is 44.1 Å². The number of hydrogen-bond acceptors (Lipinski definition) is 6. The van der Waals surface area contributed by atoms with Gasteiger partial charge in [0.1, 0.15) is 18.1 Å². The molecule has 5 atom stereocenters. The van der Waals surface area contributed by atoms with Crippen molar-refractivity contribution in [1.29, 1.82) is 0 Å². The second-order valence-electron chi connectivity index (χ2n) is 7.53. The van der Waals surface area contributed by atoms with E-state index in [1.807, 2.05) is 13.2 Å². The van der Waals surface area contributed by atoms with Gasteiger partial charge in [0.25, 0.3) is 0 Å². The third kappa shape index (κ3) is 7.18. The van der Waals surface area contributed by atoms with E-state index >= 15 is 0 Å². The maximum Gasteiger partial charge on any atom is 0.326 e. The summed E-state index contributed by atoms with van der Waals surface area (Å²) in [7, 11) is 0. The molecule has 0 aromatic rings. The van der Waals surface area contributed by atoms with Crippen LogP contribution in [-0.2, 0) is 19.2 Å². The monoisotopic (exact) mass is 430 g/mol. The summed E-state index contributed by atoms with van der Waals surface area (Å²) in [5, 5.41) is 14.7. The van der Waals surface area contributed by atoms with Crippen molar-refractivity contribution in [1.82, 2.24) is 15.5 Å². The number of nitrogens with zero attached hydrogens (tertiary/aromatic N) is 1. The number of carbonyl (C=O) groups is 4. The Morgan fingerprint density at radius 2 is 1.90 bits per heavy atom. The third-order valence-electron chi connectivity index (χ3n) is 5.25. The fourth-order valence-corrected chi connectivity index (χ4v) is 3.75. The molecule has 0 radical (unpaired) electrons. The van der Waals surface area contributed by atoms with E-state index in [-0.39, 0.29) is 11.8 Å². The van der Waals surface area contributed by atoms with Gasteiger partial charge in [0.15, 0.2) is 0 Å². The predicted molar refractivity (Wildman–Crippen MR) is 112 cm³/mol. The summed E-state index contributed by atoms with van der Waals surface area (Å²) >= 11 is 1.52. The van der Waals surface area contributed by atoms with Crippen molar-refractivity contribution in [3.8, 4) is 0 Å². The van der Waals surface area contributed by atoms with Crippen LogP contribution in [0.3, 0.4) is 0 Å². The molecular weight excluding hydrogens is 396 g/mol. The Hall–Kier alpha value is -1.81. The van der Waals surface area contributed by atoms with Crippen LogP contribution in [0.15, 0.2) is 0 Å². The largest absolute Gasteiger partial charge is 0.480 e. The summed E-state index contributed by atoms with van der Waals surface area (Å²) in [6.45, 7) is 5.63. The van der Waals surface area contributed by atoms with Crippen molar-refractivity contribution in [3.05, 3.63) is 0 Å². The van der Waals surface area contributed by atoms with Crippen LogP contribution in [0.5, 0.6) is 0 Å². The fourth-order valence-electron chi connectivity index (χ4n) is 3.27. The van der Waals surface area contributed by atoms with Crippen LogP contribution in [0.2, 0.25) is 0 Å². The number of thioether (sulfide) groups is 1. The molecule has 5 unspecified atom stereocenters. The zero-order chi connectivity index (χ0) is 22.1. The molecule has 1 aliphatic heterocycles. The molecule has 166 valence electrons. The van der Waals surface area contributed by atoms with Gasteiger partial charge in [-0.25, -0.2) is 4.79 Å². The molecule has 1 fully saturated rings. The highest BCUT2D eigenvalue weighted by Gasteiger charge is 2.37. The Bertz CT molecular complexity index is 601. The van der Waals surface area contributed by atoms with E-state index < -0.39 is 42.0 Å². The quantitative estimate of drug-likeness (QED) is 0.366. The van der Waals surface area contributed by atoms with Gasteiger partial charge in [-0.1, -0.05) is 20.3 Å². The van der Waals surface area contributed by atoms with Gasteiger partial charge in [-0.2, -0.15) is 11.8 Å². The Balaban J connectivity index is 2.89. The first-order valence-corrected chi connectivity index (χ1v) is 11.4. The third-order valence-corrected chi connectivity index (χ3v) is 5.89. The molecule has 9 nitrogen and oxygen atoms in total. The molecule has 3 amide bonds. The van der Waals surface area contributed by atoms with Crippen LogP contribution < -0.4 is 16.4 Å². The van der Waals surface area contributed by atoms with Gasteiger partial charge in [0.05, 0.1) is 6.04 Å². The number of carboxylic acids is 1. The summed E-state index contributed by atoms with van der Waals surface area (Å²) < 4.78 is 0. The van der Waals surface area contributed by atoms with Crippen molar-refractivity contribution in [2.24, 2.45) is 11.7 Å². The summed E-state index contributed by atoms with van der Waals surface area (Å²) in [6.07, 6.45) is 4.03. The molecule has 5 N–H and O–H groups in total. The molecule has 1 aliphatic rings. The summed E-state index contributed by atoms with van der Waals surface area (Å²) in [4.78, 5) is 50.8. The molecular formula is C19H34N4O5S. The number of carbonyl (C=O) groups excluding carboxylic acids is 3. The summed E-state index contributed by atoms with van der Waals surface area (Å²) in [5.41, 5.74) is 5.67. The van der Waals surface area contributed by atoms with Crippen LogP contribution in [-0.4, -0.2) is 76.4 Å². The Morgan fingerprint density at radius 3 is 2.41 bits per heavy atom. The standard InChI is InChI=1S/C19H34N4O5S/c1-5-11(2)15(19(27)28)22-16(24)13(8-10-29-4)21-17(25)14-7-6-9-23(14)18(26)12(3)20/h11-15H,5-10,20H2,1-4H3,(H,21,25)(H,22,24)(H,27,28). The minimum atomic E-state index is -1.10. The number of carboxylic acid groups (broad SMARTS) is 1. The zero-order valence-corrected chi connectivity index (χ0v) is 18.5. The minimum Gasteiger partial charge on any atom is -0.480 e. The lowest BCUT2D eigenvalue weighted by Crippen LogP contribution is -2.57. The van der Waals surface area contributed by atoms with E-state index in [0.717, 1.165) is 0 Å². The molecule has 29 heavy (non-hydrogen) atoms. The van der Waals surface area contributed by atoms with Crippen LogP contribution in [0.25, 0.3) is 0 Å². The molecule has 0 bridgehead atoms. The van der Waals surface area contributed by atoms with Gasteiger partial charge in [0.2, 0.25) is 17.7 Å². The molecule has 0 aliphatic carbocycles. The van der Waals surface area contributed by atoms with Crippen molar-refractivity contribution in [2.45, 2.75) is 70.6 Å². The van der Waals surface area contributed by atoms with E-state index in [4.69, 9.17) is 5.73 Å². The summed E-state index contributed by atoms with van der Waals surface area (Å²) in [6, 6.07) is -3.26. The smallest absolute Gasteiger partial charge is 0.326 e. The van der Waals surface area contributed by atoms with Crippen molar-refractivity contribution in [2.75, 3.05) is 18.6 Å². The number of rotatable bonds is 11. The Morgan fingerprint density at radius 1 is 1.24 bits per heavy atom. The number of nitrogens with two attached hydrogens (primary N) is 1. The second kappa shape index (κ2) is 12.0. The van der Waals surface area contributed by atoms with Crippen molar-refractivity contribution >= 4 is 35.5 Å². The van der Waals surface area contributed by atoms with Gasteiger partial charge >= 0.3 is 5.97 Å². The first kappa shape index (κ1) is 25.2. The van der Waals surface area contributed by atoms with Gasteiger partial charge < -0.3 is 26.4 Å². The number of nitrogens with one attached hydrogen (secondary N) is 2. The van der Waals surface area contributed by atoms with Crippen LogP contribution in [0.4, 0.5) is 0 Å². The average molecular weight is 431 g/mol. The maximum atomic E-state index is 12.8. The molecule has 0 aromatic heterocycles. The molecule has 10 heteroatoms. The number of aliphatic carboxylic acids is 1. The average Bonchev–Trinajstić information content (AvgIpc) is 3.17. The highest BCUT2D eigenvalue weighted by Crippen LogP contribution is 2.19. The van der Waals surface area contributed by atoms with Crippen molar-refractivity contribution < 1.29 is 24.3 Å². The number of amides is 3. The highest BCUT2D eigenvalue weighted by atomic mass is 32.2. The SMILES string of the molecule is CCC(C)C(NC(=O)C(CCSC)NC(=O)C1CCCN1C(=O)C(C)N)C(=O)O. The molecule has 1 saturated heterocycles. The maximum absolute atomic E-state index is 12.8. The van der Waals surface area contributed by atoms with Crippen LogP contribution in [0, 0.1) is 5.92 Å². The normalized spacial score (nSPS) is 20.4. The molecule has 0 saturated carbocycles. The van der Waals surface area contributed by atoms with Crippen LogP contribution >= 0.6 is 11.8 Å². The number of likely N-dealkylation sites (tertiary alicyclic amines) is 1. The van der Waals surface area contributed by atoms with E-state index in [1.165, 1.54) is 16.7 Å². The Labute approximate surface area is 176 Å². The highest BCUT2D eigenvalue weighted by molar-refractivity contribution is 7.98. The fraction of sp³-hybridized carbons (Fsp3) is 0.789. The molecule has 0 spiro atoms. The zero-order valence-electron chi connectivity index (χ0n) is 17.6. The van der Waals surface area contributed by atoms with Crippen molar-refractivity contribution in [3.63, 3.8) is 0 Å². The summed E-state index contributed by atoms with van der Waals surface area (Å²) in [5.74, 6) is -1.96. The lowest BCUT2D eigenvalue weighted by Gasteiger charge is -2.28. The van der Waals surface area contributed by atoms with E-state index in [0.29, 0.717) is 38.0 Å². The lowest BCUT2D eigenvalue weighted by atomic mass is 9.98. The van der Waals surface area contributed by atoms with Gasteiger partial charge in [-0.3, -0.25) is 14.4 Å².